The van der Waals surface area contributed by atoms with Gasteiger partial charge in [-0.15, -0.1) is 0 Å². The van der Waals surface area contributed by atoms with Crippen LogP contribution in [0.5, 0.6) is 5.75 Å². The van der Waals surface area contributed by atoms with Crippen LogP contribution in [0, 0.1) is 6.92 Å². The first kappa shape index (κ1) is 16.7. The normalized spacial score (nSPS) is 10.3. The summed E-state index contributed by atoms with van der Waals surface area (Å²) in [5, 5.41) is 2.89. The average molecular weight is 333 g/mol. The quantitative estimate of drug-likeness (QED) is 0.702. The van der Waals surface area contributed by atoms with Crippen molar-refractivity contribution >= 4 is 11.6 Å². The Kier molecular flexibility index (Phi) is 5.42. The fourth-order valence-corrected chi connectivity index (χ4v) is 2.38. The Morgan fingerprint density at radius 1 is 0.960 bits per heavy atom. The van der Waals surface area contributed by atoms with Crippen LogP contribution in [0.3, 0.4) is 0 Å². The zero-order valence-corrected chi connectivity index (χ0v) is 14.2. The molecule has 1 aromatic heterocycles. The molecule has 1 heterocycles. The van der Waals surface area contributed by atoms with Crippen molar-refractivity contribution in [3.05, 3.63) is 90.3 Å². The minimum absolute atomic E-state index is 0.0631. The molecule has 1 amide bonds. The van der Waals surface area contributed by atoms with E-state index in [1.807, 2.05) is 90.6 Å². The molecule has 4 nitrogen and oxygen atoms in total. The average Bonchev–Trinajstić information content (AvgIpc) is 2.64. The zero-order chi connectivity index (χ0) is 17.5. The van der Waals surface area contributed by atoms with Gasteiger partial charge in [-0.1, -0.05) is 30.3 Å². The van der Waals surface area contributed by atoms with Crippen molar-refractivity contribution in [1.29, 1.82) is 0 Å². The van der Waals surface area contributed by atoms with E-state index < -0.39 is 0 Å². The van der Waals surface area contributed by atoms with Crippen LogP contribution in [0.4, 0.5) is 5.69 Å². The number of nitrogens with zero attached hydrogens (tertiary/aromatic N) is 1. The van der Waals surface area contributed by atoms with Gasteiger partial charge in [0.15, 0.2) is 12.4 Å². The Morgan fingerprint density at radius 3 is 2.32 bits per heavy atom. The number of hydrogen-bond acceptors (Lipinski definition) is 2. The van der Waals surface area contributed by atoms with Gasteiger partial charge in [0.25, 0.3) is 5.91 Å². The van der Waals surface area contributed by atoms with E-state index in [0.717, 1.165) is 17.0 Å². The molecule has 0 aliphatic heterocycles. The third kappa shape index (κ3) is 5.18. The molecular formula is C21H21N2O2+. The van der Waals surface area contributed by atoms with Gasteiger partial charge in [0.1, 0.15) is 12.4 Å². The first-order valence-electron chi connectivity index (χ1n) is 8.21. The number of hydrogen-bond donors (Lipinski definition) is 1. The molecule has 0 radical (unpaired) electrons. The molecule has 2 aromatic carbocycles. The highest BCUT2D eigenvalue weighted by molar-refractivity contribution is 5.89. The Hall–Kier alpha value is -3.14. The first-order valence-corrected chi connectivity index (χ1v) is 8.21. The molecule has 0 atom stereocenters. The number of pyridine rings is 1. The van der Waals surface area contributed by atoms with Gasteiger partial charge in [0.05, 0.1) is 0 Å². The van der Waals surface area contributed by atoms with Crippen LogP contribution in [0.2, 0.25) is 0 Å². The highest BCUT2D eigenvalue weighted by Gasteiger charge is 2.09. The summed E-state index contributed by atoms with van der Waals surface area (Å²) in [6.07, 6.45) is 3.80. The van der Waals surface area contributed by atoms with Crippen LogP contribution < -0.4 is 14.6 Å². The minimum atomic E-state index is -0.0631. The molecule has 0 bridgehead atoms. The summed E-state index contributed by atoms with van der Waals surface area (Å²) in [5.41, 5.74) is 3.04. The van der Waals surface area contributed by atoms with E-state index in [0.29, 0.717) is 6.61 Å². The predicted octanol–water partition coefficient (Wildman–Crippen LogP) is 3.50. The Morgan fingerprint density at radius 2 is 1.64 bits per heavy atom. The van der Waals surface area contributed by atoms with Crippen molar-refractivity contribution in [2.45, 2.75) is 20.1 Å². The summed E-state index contributed by atoms with van der Waals surface area (Å²) in [4.78, 5) is 12.1. The number of aromatic nitrogens is 1. The molecule has 0 unspecified atom stereocenters. The van der Waals surface area contributed by atoms with Gasteiger partial charge in [-0.25, -0.2) is 0 Å². The third-order valence-electron chi connectivity index (χ3n) is 3.77. The van der Waals surface area contributed by atoms with Crippen molar-refractivity contribution < 1.29 is 14.1 Å². The fourth-order valence-electron chi connectivity index (χ4n) is 2.38. The van der Waals surface area contributed by atoms with Crippen molar-refractivity contribution in [2.24, 2.45) is 0 Å². The number of carbonyl (C=O) groups excluding carboxylic acids is 1. The van der Waals surface area contributed by atoms with Crippen molar-refractivity contribution in [1.82, 2.24) is 0 Å². The number of ether oxygens (including phenoxy) is 1. The maximum absolute atomic E-state index is 12.1. The molecule has 1 N–H and O–H groups in total. The van der Waals surface area contributed by atoms with Crippen LogP contribution in [0.25, 0.3) is 0 Å². The molecule has 3 rings (SSSR count). The SMILES string of the molecule is Cc1cc[n+](CC(=O)Nc2ccc(OCc3ccccc3)cc2)cc1. The van der Waals surface area contributed by atoms with E-state index in [1.54, 1.807) is 0 Å². The number of carbonyl (C=O) groups is 1. The Bertz CT molecular complexity index is 813. The zero-order valence-electron chi connectivity index (χ0n) is 14.2. The number of anilines is 1. The second kappa shape index (κ2) is 8.11. The molecule has 0 aliphatic carbocycles. The van der Waals surface area contributed by atoms with Crippen LogP contribution >= 0.6 is 0 Å². The monoisotopic (exact) mass is 333 g/mol. The van der Waals surface area contributed by atoms with Crippen LogP contribution in [0.15, 0.2) is 79.1 Å². The summed E-state index contributed by atoms with van der Waals surface area (Å²) in [6.45, 7) is 2.83. The number of nitrogens with one attached hydrogen (secondary N) is 1. The fraction of sp³-hybridized carbons (Fsp3) is 0.143. The van der Waals surface area contributed by atoms with Gasteiger partial charge >= 0.3 is 0 Å². The largest absolute Gasteiger partial charge is 0.489 e. The smallest absolute Gasteiger partial charge is 0.290 e. The van der Waals surface area contributed by atoms with Crippen molar-refractivity contribution in [2.75, 3.05) is 5.32 Å². The topological polar surface area (TPSA) is 42.2 Å². The molecule has 3 aromatic rings. The van der Waals surface area contributed by atoms with E-state index in [-0.39, 0.29) is 12.5 Å². The summed E-state index contributed by atoms with van der Waals surface area (Å²) >= 11 is 0. The van der Waals surface area contributed by atoms with Crippen LogP contribution in [0.1, 0.15) is 11.1 Å². The molecule has 0 saturated heterocycles. The molecule has 0 aliphatic rings. The summed E-state index contributed by atoms with van der Waals surface area (Å²) < 4.78 is 7.59. The summed E-state index contributed by atoms with van der Waals surface area (Å²) in [7, 11) is 0. The minimum Gasteiger partial charge on any atom is -0.489 e. The maximum Gasteiger partial charge on any atom is 0.290 e. The standard InChI is InChI=1S/C21H20N2O2/c1-17-11-13-23(14-12-17)15-21(24)22-19-7-9-20(10-8-19)25-16-18-5-3-2-4-6-18/h2-14H,15-16H2,1H3/p+1. The Balaban J connectivity index is 1.51. The number of benzene rings is 2. The molecule has 0 spiro atoms. The molecule has 0 saturated carbocycles. The maximum atomic E-state index is 12.1. The van der Waals surface area contributed by atoms with E-state index in [2.05, 4.69) is 5.32 Å². The lowest BCUT2D eigenvalue weighted by Crippen LogP contribution is -2.39. The Labute approximate surface area is 147 Å². The molecule has 25 heavy (non-hydrogen) atoms. The lowest BCUT2D eigenvalue weighted by atomic mass is 10.2. The van der Waals surface area contributed by atoms with Gasteiger partial charge in [0, 0.05) is 17.8 Å². The van der Waals surface area contributed by atoms with E-state index in [4.69, 9.17) is 4.74 Å². The van der Waals surface area contributed by atoms with E-state index in [9.17, 15) is 4.79 Å². The lowest BCUT2D eigenvalue weighted by Gasteiger charge is -2.08. The van der Waals surface area contributed by atoms with Gasteiger partial charge in [-0.3, -0.25) is 4.79 Å². The van der Waals surface area contributed by atoms with Crippen LogP contribution in [-0.2, 0) is 17.9 Å². The number of aryl methyl sites for hydroxylation is 1. The van der Waals surface area contributed by atoms with Gasteiger partial charge in [0.2, 0.25) is 6.54 Å². The predicted molar refractivity (Wildman–Crippen MR) is 97.2 cm³/mol. The second-order valence-electron chi connectivity index (χ2n) is 5.89. The molecule has 126 valence electrons. The van der Waals surface area contributed by atoms with Gasteiger partial charge in [-0.05, 0) is 42.3 Å². The van der Waals surface area contributed by atoms with Gasteiger partial charge in [-0.2, -0.15) is 4.57 Å². The van der Waals surface area contributed by atoms with Crippen molar-refractivity contribution in [3.8, 4) is 5.75 Å². The summed E-state index contributed by atoms with van der Waals surface area (Å²) in [5.74, 6) is 0.710. The summed E-state index contributed by atoms with van der Waals surface area (Å²) in [6, 6.07) is 21.4. The highest BCUT2D eigenvalue weighted by atomic mass is 16.5. The second-order valence-corrected chi connectivity index (χ2v) is 5.89. The van der Waals surface area contributed by atoms with E-state index >= 15 is 0 Å². The third-order valence-corrected chi connectivity index (χ3v) is 3.77. The number of rotatable bonds is 6. The van der Waals surface area contributed by atoms with Gasteiger partial charge < -0.3 is 10.1 Å². The van der Waals surface area contributed by atoms with Crippen LogP contribution in [-0.4, -0.2) is 5.91 Å². The number of amides is 1. The lowest BCUT2D eigenvalue weighted by molar-refractivity contribution is -0.684. The molecule has 0 fully saturated rings. The first-order chi connectivity index (χ1) is 12.2. The molecule has 4 heteroatoms. The van der Waals surface area contributed by atoms with Crippen molar-refractivity contribution in [3.63, 3.8) is 0 Å². The molecular weight excluding hydrogens is 312 g/mol. The van der Waals surface area contributed by atoms with E-state index in [1.165, 1.54) is 5.56 Å². The highest BCUT2D eigenvalue weighted by Crippen LogP contribution is 2.17.